The quantitative estimate of drug-likeness (QED) is 0.571. The Bertz CT molecular complexity index is 546. The molecule has 2 aromatic rings. The van der Waals surface area contributed by atoms with Gasteiger partial charge in [-0.2, -0.15) is 0 Å². The van der Waals surface area contributed by atoms with Crippen molar-refractivity contribution in [2.75, 3.05) is 5.73 Å². The van der Waals surface area contributed by atoms with Crippen molar-refractivity contribution in [1.82, 2.24) is 0 Å². The van der Waals surface area contributed by atoms with Gasteiger partial charge in [0.2, 0.25) is 0 Å². The van der Waals surface area contributed by atoms with Crippen molar-refractivity contribution >= 4 is 17.3 Å². The van der Waals surface area contributed by atoms with Crippen LogP contribution in [-0.2, 0) is 6.42 Å². The van der Waals surface area contributed by atoms with Crippen LogP contribution in [0.4, 0.5) is 5.69 Å². The van der Waals surface area contributed by atoms with E-state index in [0.29, 0.717) is 0 Å². The Hall–Kier alpha value is -1.47. The van der Waals surface area contributed by atoms with Gasteiger partial charge in [0.05, 0.1) is 0 Å². The standard InChI is InChI=1S/C13H10ClN/c14-10-2-1-8-5-9-6-11(15)3-4-12(9)13(8)7-10/h1-4,6-7H,5,15H2. The van der Waals surface area contributed by atoms with Crippen LogP contribution in [0, 0.1) is 0 Å². The molecule has 0 saturated carbocycles. The van der Waals surface area contributed by atoms with E-state index in [4.69, 9.17) is 17.3 Å². The molecule has 1 aliphatic rings. The molecule has 2 N–H and O–H groups in total. The molecule has 0 heterocycles. The number of benzene rings is 2. The van der Waals surface area contributed by atoms with Gasteiger partial charge in [-0.3, -0.25) is 0 Å². The third kappa shape index (κ3) is 1.31. The summed E-state index contributed by atoms with van der Waals surface area (Å²) in [6.07, 6.45) is 0.965. The molecule has 74 valence electrons. The summed E-state index contributed by atoms with van der Waals surface area (Å²) in [7, 11) is 0. The summed E-state index contributed by atoms with van der Waals surface area (Å²) in [5, 5.41) is 0.790. The van der Waals surface area contributed by atoms with Gasteiger partial charge in [0.15, 0.2) is 0 Å². The number of anilines is 1. The maximum atomic E-state index is 6.00. The maximum Gasteiger partial charge on any atom is 0.0412 e. The van der Waals surface area contributed by atoms with Gasteiger partial charge < -0.3 is 5.73 Å². The lowest BCUT2D eigenvalue weighted by molar-refractivity contribution is 1.26. The van der Waals surface area contributed by atoms with Crippen molar-refractivity contribution in [1.29, 1.82) is 0 Å². The van der Waals surface area contributed by atoms with Crippen LogP contribution in [0.5, 0.6) is 0 Å². The second-order valence-electron chi connectivity index (χ2n) is 3.89. The molecule has 1 nitrogen and oxygen atoms in total. The third-order valence-electron chi connectivity index (χ3n) is 2.87. The molecule has 0 aromatic heterocycles. The molecule has 15 heavy (non-hydrogen) atoms. The van der Waals surface area contributed by atoms with Crippen LogP contribution in [0.1, 0.15) is 11.1 Å². The van der Waals surface area contributed by atoms with E-state index in [2.05, 4.69) is 12.1 Å². The molecule has 0 radical (unpaired) electrons. The first-order chi connectivity index (χ1) is 7.24. The lowest BCUT2D eigenvalue weighted by Crippen LogP contribution is -1.86. The van der Waals surface area contributed by atoms with Crippen LogP contribution in [0.15, 0.2) is 36.4 Å². The summed E-state index contributed by atoms with van der Waals surface area (Å²) in [5.41, 5.74) is 11.7. The van der Waals surface area contributed by atoms with E-state index in [-0.39, 0.29) is 0 Å². The molecule has 0 amide bonds. The second-order valence-corrected chi connectivity index (χ2v) is 4.33. The Labute approximate surface area is 93.5 Å². The highest BCUT2D eigenvalue weighted by molar-refractivity contribution is 6.31. The predicted octanol–water partition coefficient (Wildman–Crippen LogP) is 3.49. The van der Waals surface area contributed by atoms with Crippen LogP contribution < -0.4 is 5.73 Å². The molecule has 0 atom stereocenters. The van der Waals surface area contributed by atoms with Crippen LogP contribution in [0.25, 0.3) is 11.1 Å². The zero-order valence-electron chi connectivity index (χ0n) is 8.13. The number of nitrogen functional groups attached to an aromatic ring is 1. The molecule has 0 unspecified atom stereocenters. The minimum Gasteiger partial charge on any atom is -0.399 e. The average Bonchev–Trinajstić information content (AvgIpc) is 2.54. The fourth-order valence-electron chi connectivity index (χ4n) is 2.18. The van der Waals surface area contributed by atoms with Crippen molar-refractivity contribution in [3.8, 4) is 11.1 Å². The van der Waals surface area contributed by atoms with Gasteiger partial charge in [-0.25, -0.2) is 0 Å². The van der Waals surface area contributed by atoms with Crippen molar-refractivity contribution in [2.24, 2.45) is 0 Å². The Morgan fingerprint density at radius 1 is 0.933 bits per heavy atom. The van der Waals surface area contributed by atoms with Crippen molar-refractivity contribution in [2.45, 2.75) is 6.42 Å². The van der Waals surface area contributed by atoms with Gasteiger partial charge >= 0.3 is 0 Å². The molecule has 0 spiro atoms. The summed E-state index contributed by atoms with van der Waals surface area (Å²) in [5.74, 6) is 0. The summed E-state index contributed by atoms with van der Waals surface area (Å²) in [4.78, 5) is 0. The molecule has 0 fully saturated rings. The lowest BCUT2D eigenvalue weighted by atomic mass is 10.1. The number of fused-ring (bicyclic) bond motifs is 3. The van der Waals surface area contributed by atoms with Gasteiger partial charge in [0.1, 0.15) is 0 Å². The largest absolute Gasteiger partial charge is 0.399 e. The van der Waals surface area contributed by atoms with E-state index in [9.17, 15) is 0 Å². The molecule has 1 aliphatic carbocycles. The molecule has 0 bridgehead atoms. The molecule has 2 aromatic carbocycles. The predicted molar refractivity (Wildman–Crippen MR) is 64.1 cm³/mol. The summed E-state index contributed by atoms with van der Waals surface area (Å²) >= 11 is 6.00. The molecule has 2 heteroatoms. The normalized spacial score (nSPS) is 12.3. The van der Waals surface area contributed by atoms with E-state index in [1.807, 2.05) is 24.3 Å². The number of nitrogens with two attached hydrogens (primary N) is 1. The number of hydrogen-bond acceptors (Lipinski definition) is 1. The SMILES string of the molecule is Nc1ccc2c(c1)Cc1ccc(Cl)cc1-2. The minimum absolute atomic E-state index is 0.790. The zero-order valence-corrected chi connectivity index (χ0v) is 8.88. The number of halogens is 1. The van der Waals surface area contributed by atoms with Gasteiger partial charge in [-0.05, 0) is 52.9 Å². The van der Waals surface area contributed by atoms with Gasteiger partial charge in [-0.1, -0.05) is 23.7 Å². The van der Waals surface area contributed by atoms with E-state index >= 15 is 0 Å². The van der Waals surface area contributed by atoms with E-state index in [1.54, 1.807) is 0 Å². The number of hydrogen-bond donors (Lipinski definition) is 1. The Morgan fingerprint density at radius 2 is 1.80 bits per heavy atom. The second kappa shape index (κ2) is 3.01. The fourth-order valence-corrected chi connectivity index (χ4v) is 2.35. The van der Waals surface area contributed by atoms with Crippen LogP contribution in [-0.4, -0.2) is 0 Å². The van der Waals surface area contributed by atoms with Gasteiger partial charge in [0, 0.05) is 10.7 Å². The highest BCUT2D eigenvalue weighted by Gasteiger charge is 2.18. The maximum absolute atomic E-state index is 6.00. The van der Waals surface area contributed by atoms with E-state index in [1.165, 1.54) is 22.3 Å². The Kier molecular flexibility index (Phi) is 1.77. The Balaban J connectivity index is 2.26. The van der Waals surface area contributed by atoms with Gasteiger partial charge in [0.25, 0.3) is 0 Å². The summed E-state index contributed by atoms with van der Waals surface area (Å²) in [6.45, 7) is 0. The molecular weight excluding hydrogens is 206 g/mol. The third-order valence-corrected chi connectivity index (χ3v) is 3.11. The van der Waals surface area contributed by atoms with Crippen molar-refractivity contribution in [3.05, 3.63) is 52.5 Å². The number of rotatable bonds is 0. The van der Waals surface area contributed by atoms with Crippen LogP contribution in [0.3, 0.4) is 0 Å². The smallest absolute Gasteiger partial charge is 0.0412 e. The highest BCUT2D eigenvalue weighted by Crippen LogP contribution is 2.38. The van der Waals surface area contributed by atoms with Crippen molar-refractivity contribution in [3.63, 3.8) is 0 Å². The summed E-state index contributed by atoms with van der Waals surface area (Å²) < 4.78 is 0. The lowest BCUT2D eigenvalue weighted by Gasteiger charge is -2.01. The summed E-state index contributed by atoms with van der Waals surface area (Å²) in [6, 6.07) is 12.1. The fraction of sp³-hybridized carbons (Fsp3) is 0.0769. The molecule has 3 rings (SSSR count). The zero-order chi connectivity index (χ0) is 10.4. The average molecular weight is 216 g/mol. The topological polar surface area (TPSA) is 26.0 Å². The Morgan fingerprint density at radius 3 is 2.67 bits per heavy atom. The van der Waals surface area contributed by atoms with E-state index in [0.717, 1.165) is 17.1 Å². The van der Waals surface area contributed by atoms with Crippen molar-refractivity contribution < 1.29 is 0 Å². The first-order valence-corrected chi connectivity index (χ1v) is 5.29. The highest BCUT2D eigenvalue weighted by atomic mass is 35.5. The van der Waals surface area contributed by atoms with Crippen LogP contribution in [0.2, 0.25) is 5.02 Å². The minimum atomic E-state index is 0.790. The van der Waals surface area contributed by atoms with Gasteiger partial charge in [-0.15, -0.1) is 0 Å². The molecule has 0 aliphatic heterocycles. The first-order valence-electron chi connectivity index (χ1n) is 4.91. The van der Waals surface area contributed by atoms with E-state index < -0.39 is 0 Å². The monoisotopic (exact) mass is 215 g/mol. The molecule has 0 saturated heterocycles. The van der Waals surface area contributed by atoms with Crippen LogP contribution >= 0.6 is 11.6 Å². The molecular formula is C13H10ClN. The first kappa shape index (κ1) is 8.81.